The molecule has 4 heteroatoms. The summed E-state index contributed by atoms with van der Waals surface area (Å²) < 4.78 is 5.93. The third-order valence-electron chi connectivity index (χ3n) is 4.59. The molecule has 2 amide bonds. The molecule has 0 saturated carbocycles. The van der Waals surface area contributed by atoms with Crippen LogP contribution in [-0.2, 0) is 22.4 Å². The number of piperidine rings is 1. The Morgan fingerprint density at radius 3 is 2.62 bits per heavy atom. The van der Waals surface area contributed by atoms with Crippen molar-refractivity contribution in [1.29, 1.82) is 0 Å². The largest absolute Gasteiger partial charge is 0.461 e. The zero-order valence-electron chi connectivity index (χ0n) is 11.8. The van der Waals surface area contributed by atoms with E-state index in [9.17, 15) is 9.59 Å². The monoisotopic (exact) mass is 283 g/mol. The standard InChI is InChI=1S/C17H17NO3/c19-16-8-11(9-17(20)18-16)10-5-6-15-13(7-10)12-3-1-2-4-14(12)21-15/h5-7,11H,1-4,8-9H2,(H,18,19,20). The third kappa shape index (κ3) is 2.15. The number of amides is 2. The first kappa shape index (κ1) is 12.6. The molecular weight excluding hydrogens is 266 g/mol. The molecule has 108 valence electrons. The Morgan fingerprint density at radius 2 is 1.81 bits per heavy atom. The summed E-state index contributed by atoms with van der Waals surface area (Å²) >= 11 is 0. The third-order valence-corrected chi connectivity index (χ3v) is 4.59. The number of furan rings is 1. The van der Waals surface area contributed by atoms with Gasteiger partial charge < -0.3 is 4.42 Å². The lowest BCUT2D eigenvalue weighted by molar-refractivity contribution is -0.133. The van der Waals surface area contributed by atoms with Crippen LogP contribution in [0.2, 0.25) is 0 Å². The van der Waals surface area contributed by atoms with Crippen molar-refractivity contribution in [1.82, 2.24) is 5.32 Å². The zero-order chi connectivity index (χ0) is 14.4. The highest BCUT2D eigenvalue weighted by Gasteiger charge is 2.27. The molecule has 1 aromatic carbocycles. The molecular formula is C17H17NO3. The number of benzene rings is 1. The molecule has 0 atom stereocenters. The Bertz CT molecular complexity index is 728. The summed E-state index contributed by atoms with van der Waals surface area (Å²) in [6.07, 6.45) is 5.25. The van der Waals surface area contributed by atoms with Crippen molar-refractivity contribution >= 4 is 22.8 Å². The first-order chi connectivity index (χ1) is 10.2. The molecule has 4 rings (SSSR count). The lowest BCUT2D eigenvalue weighted by Crippen LogP contribution is -2.37. The minimum atomic E-state index is -0.175. The maximum atomic E-state index is 11.6. The lowest BCUT2D eigenvalue weighted by atomic mass is 9.87. The number of hydrogen-bond acceptors (Lipinski definition) is 3. The van der Waals surface area contributed by atoms with Crippen LogP contribution in [0.5, 0.6) is 0 Å². The van der Waals surface area contributed by atoms with Crippen LogP contribution in [0.25, 0.3) is 11.0 Å². The van der Waals surface area contributed by atoms with Crippen molar-refractivity contribution in [3.05, 3.63) is 35.1 Å². The van der Waals surface area contributed by atoms with Gasteiger partial charge in [-0.3, -0.25) is 14.9 Å². The molecule has 1 saturated heterocycles. The van der Waals surface area contributed by atoms with Gasteiger partial charge in [-0.15, -0.1) is 0 Å². The SMILES string of the molecule is O=C1CC(c2ccc3oc4c(c3c2)CCCC4)CC(=O)N1. The van der Waals surface area contributed by atoms with Gasteiger partial charge in [0.2, 0.25) is 11.8 Å². The molecule has 1 aliphatic heterocycles. The average Bonchev–Trinajstić information content (AvgIpc) is 2.84. The van der Waals surface area contributed by atoms with E-state index in [2.05, 4.69) is 11.4 Å². The quantitative estimate of drug-likeness (QED) is 0.819. The van der Waals surface area contributed by atoms with Crippen LogP contribution >= 0.6 is 0 Å². The highest BCUT2D eigenvalue weighted by Crippen LogP contribution is 2.35. The summed E-state index contributed by atoms with van der Waals surface area (Å²) in [6.45, 7) is 0. The van der Waals surface area contributed by atoms with Gasteiger partial charge in [0.1, 0.15) is 11.3 Å². The fraction of sp³-hybridized carbons (Fsp3) is 0.412. The van der Waals surface area contributed by atoms with Crippen molar-refractivity contribution in [2.75, 3.05) is 0 Å². The lowest BCUT2D eigenvalue weighted by Gasteiger charge is -2.21. The fourth-order valence-electron chi connectivity index (χ4n) is 3.55. The van der Waals surface area contributed by atoms with E-state index >= 15 is 0 Å². The molecule has 0 unspecified atom stereocenters. The van der Waals surface area contributed by atoms with Crippen LogP contribution in [0.4, 0.5) is 0 Å². The Morgan fingerprint density at radius 1 is 1.05 bits per heavy atom. The number of aryl methyl sites for hydroxylation is 2. The van der Waals surface area contributed by atoms with Crippen LogP contribution in [0.1, 0.15) is 48.5 Å². The molecule has 1 fully saturated rings. The summed E-state index contributed by atoms with van der Waals surface area (Å²) in [4.78, 5) is 23.1. The summed E-state index contributed by atoms with van der Waals surface area (Å²) in [7, 11) is 0. The Kier molecular flexibility index (Phi) is 2.84. The second-order valence-electron chi connectivity index (χ2n) is 6.04. The van der Waals surface area contributed by atoms with Crippen LogP contribution in [-0.4, -0.2) is 11.8 Å². The van der Waals surface area contributed by atoms with E-state index in [1.807, 2.05) is 12.1 Å². The van der Waals surface area contributed by atoms with E-state index in [1.54, 1.807) is 0 Å². The van der Waals surface area contributed by atoms with Gasteiger partial charge in [0.15, 0.2) is 0 Å². The topological polar surface area (TPSA) is 59.3 Å². The Labute approximate surface area is 122 Å². The molecule has 4 nitrogen and oxygen atoms in total. The van der Waals surface area contributed by atoms with Crippen LogP contribution in [0, 0.1) is 0 Å². The normalized spacial score (nSPS) is 19.6. The van der Waals surface area contributed by atoms with Crippen LogP contribution < -0.4 is 5.32 Å². The van der Waals surface area contributed by atoms with Gasteiger partial charge in [-0.05, 0) is 37.0 Å². The fourth-order valence-corrected chi connectivity index (χ4v) is 3.55. The summed E-state index contributed by atoms with van der Waals surface area (Å²) in [5.41, 5.74) is 3.32. The maximum absolute atomic E-state index is 11.6. The zero-order valence-corrected chi connectivity index (χ0v) is 11.8. The molecule has 1 aliphatic carbocycles. The van der Waals surface area contributed by atoms with Gasteiger partial charge in [-0.2, -0.15) is 0 Å². The summed E-state index contributed by atoms with van der Waals surface area (Å²) in [5, 5.41) is 3.53. The Hall–Kier alpha value is -2.10. The van der Waals surface area contributed by atoms with Gasteiger partial charge >= 0.3 is 0 Å². The van der Waals surface area contributed by atoms with E-state index in [0.29, 0.717) is 12.8 Å². The second-order valence-corrected chi connectivity index (χ2v) is 6.04. The number of rotatable bonds is 1. The molecule has 1 N–H and O–H groups in total. The van der Waals surface area contributed by atoms with E-state index < -0.39 is 0 Å². The molecule has 0 bridgehead atoms. The number of carbonyl (C=O) groups is 2. The average molecular weight is 283 g/mol. The predicted molar refractivity (Wildman–Crippen MR) is 78.0 cm³/mol. The number of fused-ring (bicyclic) bond motifs is 3. The molecule has 2 aliphatic rings. The van der Waals surface area contributed by atoms with Crippen molar-refractivity contribution in [2.24, 2.45) is 0 Å². The molecule has 0 spiro atoms. The van der Waals surface area contributed by atoms with Gasteiger partial charge in [0, 0.05) is 36.1 Å². The minimum Gasteiger partial charge on any atom is -0.461 e. The molecule has 0 radical (unpaired) electrons. The minimum absolute atomic E-state index is 0.00945. The van der Waals surface area contributed by atoms with Crippen LogP contribution in [0.3, 0.4) is 0 Å². The molecule has 2 heterocycles. The highest BCUT2D eigenvalue weighted by atomic mass is 16.3. The van der Waals surface area contributed by atoms with E-state index in [-0.39, 0.29) is 17.7 Å². The molecule has 1 aromatic heterocycles. The maximum Gasteiger partial charge on any atom is 0.227 e. The van der Waals surface area contributed by atoms with Gasteiger partial charge in [-0.25, -0.2) is 0 Å². The van der Waals surface area contributed by atoms with Crippen molar-refractivity contribution < 1.29 is 14.0 Å². The second kappa shape index (κ2) is 4.72. The Balaban J connectivity index is 1.76. The van der Waals surface area contributed by atoms with E-state index in [1.165, 1.54) is 23.8 Å². The number of nitrogens with one attached hydrogen (secondary N) is 1. The predicted octanol–water partition coefficient (Wildman–Crippen LogP) is 2.83. The highest BCUT2D eigenvalue weighted by molar-refractivity contribution is 5.98. The van der Waals surface area contributed by atoms with Gasteiger partial charge in [0.05, 0.1) is 0 Å². The summed E-state index contributed by atoms with van der Waals surface area (Å²) in [5.74, 6) is 0.756. The van der Waals surface area contributed by atoms with Gasteiger partial charge in [-0.1, -0.05) is 6.07 Å². The van der Waals surface area contributed by atoms with Crippen molar-refractivity contribution in [2.45, 2.75) is 44.4 Å². The number of hydrogen-bond donors (Lipinski definition) is 1. The first-order valence-corrected chi connectivity index (χ1v) is 7.57. The summed E-state index contributed by atoms with van der Waals surface area (Å²) in [6, 6.07) is 6.10. The van der Waals surface area contributed by atoms with E-state index in [4.69, 9.17) is 4.42 Å². The molecule has 21 heavy (non-hydrogen) atoms. The van der Waals surface area contributed by atoms with Gasteiger partial charge in [0.25, 0.3) is 0 Å². The number of imide groups is 1. The van der Waals surface area contributed by atoms with Crippen molar-refractivity contribution in [3.8, 4) is 0 Å². The first-order valence-electron chi connectivity index (χ1n) is 7.57. The number of carbonyl (C=O) groups excluding carboxylic acids is 2. The van der Waals surface area contributed by atoms with E-state index in [0.717, 1.165) is 29.7 Å². The smallest absolute Gasteiger partial charge is 0.227 e. The molecule has 2 aromatic rings. The van der Waals surface area contributed by atoms with Crippen LogP contribution in [0.15, 0.2) is 22.6 Å². The van der Waals surface area contributed by atoms with Crippen molar-refractivity contribution in [3.63, 3.8) is 0 Å².